The lowest BCUT2D eigenvalue weighted by Crippen LogP contribution is -2.08. The minimum atomic E-state index is -3.61. The maximum atomic E-state index is 12.1. The molecule has 4 heteroatoms. The van der Waals surface area contributed by atoms with E-state index in [4.69, 9.17) is 4.18 Å². The third-order valence-corrected chi connectivity index (χ3v) is 6.27. The Morgan fingerprint density at radius 2 is 1.38 bits per heavy atom. The number of aryl methyl sites for hydroxylation is 1. The van der Waals surface area contributed by atoms with E-state index in [9.17, 15) is 8.42 Å². The van der Waals surface area contributed by atoms with E-state index in [0.29, 0.717) is 5.92 Å². The number of hydrogen-bond acceptors (Lipinski definition) is 3. The van der Waals surface area contributed by atoms with Crippen molar-refractivity contribution in [1.82, 2.24) is 0 Å². The second-order valence-corrected chi connectivity index (χ2v) is 9.22. The molecule has 150 valence electrons. The van der Waals surface area contributed by atoms with Crippen LogP contribution < -0.4 is 0 Å². The normalized spacial score (nSPS) is 13.0. The van der Waals surface area contributed by atoms with Gasteiger partial charge in [-0.3, -0.25) is 4.18 Å². The van der Waals surface area contributed by atoms with Crippen LogP contribution in [-0.2, 0) is 14.3 Å². The van der Waals surface area contributed by atoms with Crippen molar-refractivity contribution in [3.8, 4) is 0 Å². The summed E-state index contributed by atoms with van der Waals surface area (Å²) in [5.74, 6) is 0.640. The van der Waals surface area contributed by atoms with Crippen molar-refractivity contribution in [2.24, 2.45) is 5.92 Å². The molecule has 0 fully saturated rings. The zero-order chi connectivity index (χ0) is 19.3. The van der Waals surface area contributed by atoms with Gasteiger partial charge < -0.3 is 0 Å². The summed E-state index contributed by atoms with van der Waals surface area (Å²) in [4.78, 5) is 0.245. The largest absolute Gasteiger partial charge is 0.296 e. The molecule has 0 saturated carbocycles. The smallest absolute Gasteiger partial charge is 0.266 e. The molecule has 0 saturated heterocycles. The van der Waals surface area contributed by atoms with Crippen molar-refractivity contribution in [3.05, 3.63) is 29.8 Å². The van der Waals surface area contributed by atoms with Gasteiger partial charge in [-0.15, -0.1) is 0 Å². The Morgan fingerprint density at radius 3 is 2.00 bits per heavy atom. The van der Waals surface area contributed by atoms with Gasteiger partial charge in [-0.1, -0.05) is 89.3 Å². The molecule has 0 aliphatic rings. The van der Waals surface area contributed by atoms with Crippen LogP contribution >= 0.6 is 0 Å². The summed E-state index contributed by atoms with van der Waals surface area (Å²) in [6.07, 6.45) is 13.9. The molecule has 0 aliphatic carbocycles. The number of rotatable bonds is 15. The molecular weight excluding hydrogens is 344 g/mol. The van der Waals surface area contributed by atoms with Gasteiger partial charge >= 0.3 is 0 Å². The predicted octanol–water partition coefficient (Wildman–Crippen LogP) is 6.65. The molecule has 0 heterocycles. The molecule has 0 N–H and O–H groups in total. The first-order chi connectivity index (χ1) is 12.5. The molecular formula is C22H38O3S. The monoisotopic (exact) mass is 382 g/mol. The molecule has 0 aliphatic heterocycles. The van der Waals surface area contributed by atoms with E-state index in [-0.39, 0.29) is 11.5 Å². The number of hydrogen-bond donors (Lipinski definition) is 0. The van der Waals surface area contributed by atoms with Crippen molar-refractivity contribution in [3.63, 3.8) is 0 Å². The van der Waals surface area contributed by atoms with Crippen LogP contribution in [0.2, 0.25) is 0 Å². The van der Waals surface area contributed by atoms with Crippen molar-refractivity contribution in [1.29, 1.82) is 0 Å². The molecule has 1 rings (SSSR count). The van der Waals surface area contributed by atoms with E-state index >= 15 is 0 Å². The van der Waals surface area contributed by atoms with E-state index in [0.717, 1.165) is 18.4 Å². The van der Waals surface area contributed by atoms with Gasteiger partial charge in [-0.05, 0) is 37.8 Å². The first-order valence-electron chi connectivity index (χ1n) is 10.4. The van der Waals surface area contributed by atoms with Gasteiger partial charge in [0.25, 0.3) is 10.1 Å². The molecule has 0 aromatic heterocycles. The van der Waals surface area contributed by atoms with E-state index < -0.39 is 10.1 Å². The fraction of sp³-hybridized carbons (Fsp3) is 0.727. The van der Waals surface area contributed by atoms with Gasteiger partial charge in [0.2, 0.25) is 0 Å². The molecule has 1 aromatic rings. The van der Waals surface area contributed by atoms with E-state index in [1.807, 2.05) is 6.92 Å². The van der Waals surface area contributed by atoms with Gasteiger partial charge in [0.05, 0.1) is 11.5 Å². The van der Waals surface area contributed by atoms with Crippen molar-refractivity contribution in [2.45, 2.75) is 96.3 Å². The van der Waals surface area contributed by atoms with E-state index in [2.05, 4.69) is 13.8 Å². The summed E-state index contributed by atoms with van der Waals surface area (Å²) in [7, 11) is -3.61. The molecule has 1 aromatic carbocycles. The highest BCUT2D eigenvalue weighted by molar-refractivity contribution is 7.86. The fourth-order valence-electron chi connectivity index (χ4n) is 3.14. The second kappa shape index (κ2) is 13.3. The van der Waals surface area contributed by atoms with Gasteiger partial charge in [-0.2, -0.15) is 8.42 Å². The molecule has 0 amide bonds. The zero-order valence-electron chi connectivity index (χ0n) is 17.0. The molecule has 0 unspecified atom stereocenters. The summed E-state index contributed by atoms with van der Waals surface area (Å²) in [6, 6.07) is 6.80. The van der Waals surface area contributed by atoms with Crippen LogP contribution in [0, 0.1) is 12.8 Å². The van der Waals surface area contributed by atoms with Crippen LogP contribution in [0.3, 0.4) is 0 Å². The highest BCUT2D eigenvalue weighted by Crippen LogP contribution is 2.18. The van der Waals surface area contributed by atoms with Crippen molar-refractivity contribution in [2.75, 3.05) is 6.61 Å². The first-order valence-corrected chi connectivity index (χ1v) is 11.8. The van der Waals surface area contributed by atoms with Crippen LogP contribution in [0.15, 0.2) is 29.2 Å². The maximum Gasteiger partial charge on any atom is 0.296 e. The zero-order valence-corrected chi connectivity index (χ0v) is 17.8. The lowest BCUT2D eigenvalue weighted by Gasteiger charge is -2.11. The quantitative estimate of drug-likeness (QED) is 0.252. The van der Waals surface area contributed by atoms with Crippen LogP contribution in [0.4, 0.5) is 0 Å². The third-order valence-electron chi connectivity index (χ3n) is 4.94. The van der Waals surface area contributed by atoms with E-state index in [1.54, 1.807) is 24.3 Å². The molecule has 0 radical (unpaired) electrons. The number of benzene rings is 1. The Balaban J connectivity index is 2.07. The first kappa shape index (κ1) is 23.2. The van der Waals surface area contributed by atoms with Crippen LogP contribution in [0.25, 0.3) is 0 Å². The highest BCUT2D eigenvalue weighted by atomic mass is 32.2. The van der Waals surface area contributed by atoms with Crippen LogP contribution in [0.1, 0.15) is 90.0 Å². The third kappa shape index (κ3) is 10.3. The topological polar surface area (TPSA) is 43.4 Å². The fourth-order valence-corrected chi connectivity index (χ4v) is 4.09. The Hall–Kier alpha value is -0.870. The average molecular weight is 383 g/mol. The van der Waals surface area contributed by atoms with Gasteiger partial charge in [0.15, 0.2) is 0 Å². The Labute approximate surface area is 161 Å². The summed E-state index contributed by atoms with van der Waals surface area (Å²) in [6.45, 7) is 6.73. The average Bonchev–Trinajstić information content (AvgIpc) is 2.61. The summed E-state index contributed by atoms with van der Waals surface area (Å²) < 4.78 is 29.4. The SMILES string of the molecule is CCCCCCCCCC[C@@H](C)CCCOS(=O)(=O)c1ccc(C)cc1. The van der Waals surface area contributed by atoms with Crippen molar-refractivity contribution < 1.29 is 12.6 Å². The van der Waals surface area contributed by atoms with Crippen molar-refractivity contribution >= 4 is 10.1 Å². The maximum absolute atomic E-state index is 12.1. The predicted molar refractivity (Wildman–Crippen MR) is 110 cm³/mol. The standard InChI is InChI=1S/C22H38O3S/c1-4-5-6-7-8-9-10-11-13-20(2)14-12-19-25-26(23,24)22-17-15-21(3)16-18-22/h15-18,20H,4-14,19H2,1-3H3/t20-/m1/s1. The summed E-state index contributed by atoms with van der Waals surface area (Å²) in [5.41, 5.74) is 1.04. The molecule has 0 spiro atoms. The van der Waals surface area contributed by atoms with Crippen LogP contribution in [0.5, 0.6) is 0 Å². The summed E-state index contributed by atoms with van der Waals surface area (Å²) in [5, 5.41) is 0. The Bertz CT molecular complexity index is 564. The molecule has 26 heavy (non-hydrogen) atoms. The lowest BCUT2D eigenvalue weighted by atomic mass is 9.97. The van der Waals surface area contributed by atoms with Gasteiger partial charge in [-0.25, -0.2) is 0 Å². The Kier molecular flexibility index (Phi) is 11.9. The van der Waals surface area contributed by atoms with Crippen LogP contribution in [-0.4, -0.2) is 15.0 Å². The minimum Gasteiger partial charge on any atom is -0.266 e. The molecule has 3 nitrogen and oxygen atoms in total. The Morgan fingerprint density at radius 1 is 0.846 bits per heavy atom. The van der Waals surface area contributed by atoms with E-state index in [1.165, 1.54) is 57.8 Å². The highest BCUT2D eigenvalue weighted by Gasteiger charge is 2.14. The lowest BCUT2D eigenvalue weighted by molar-refractivity contribution is 0.293. The van der Waals surface area contributed by atoms with Gasteiger partial charge in [0.1, 0.15) is 0 Å². The molecule has 0 bridgehead atoms. The summed E-state index contributed by atoms with van der Waals surface area (Å²) >= 11 is 0. The van der Waals surface area contributed by atoms with Gasteiger partial charge in [0, 0.05) is 0 Å². The second-order valence-electron chi connectivity index (χ2n) is 7.60. The number of unbranched alkanes of at least 4 members (excludes halogenated alkanes) is 7. The molecule has 1 atom stereocenters. The minimum absolute atomic E-state index is 0.245.